The molecular weight excluding hydrogens is 222 g/mol. The molecule has 100 valence electrons. The maximum Gasteiger partial charge on any atom is 0.127 e. The van der Waals surface area contributed by atoms with Crippen LogP contribution in [0.25, 0.3) is 0 Å². The van der Waals surface area contributed by atoms with Crippen molar-refractivity contribution in [2.75, 3.05) is 23.3 Å². The number of aromatic nitrogens is 1. The summed E-state index contributed by atoms with van der Waals surface area (Å²) in [7, 11) is 0. The molecule has 0 amide bonds. The molecule has 1 aromatic heterocycles. The van der Waals surface area contributed by atoms with E-state index < -0.39 is 0 Å². The van der Waals surface area contributed by atoms with E-state index in [-0.39, 0.29) is 0 Å². The summed E-state index contributed by atoms with van der Waals surface area (Å²) in [5.41, 5.74) is 1.33. The van der Waals surface area contributed by atoms with E-state index in [1.165, 1.54) is 44.3 Å². The van der Waals surface area contributed by atoms with Gasteiger partial charge in [0.25, 0.3) is 0 Å². The predicted octanol–water partition coefficient (Wildman–Crippen LogP) is 3.67. The largest absolute Gasteiger partial charge is 0.370 e. The maximum absolute atomic E-state index is 4.36. The van der Waals surface area contributed by atoms with E-state index in [0.29, 0.717) is 6.04 Å². The van der Waals surface area contributed by atoms with E-state index in [9.17, 15) is 0 Å². The number of nitrogens with one attached hydrogen (secondary N) is 1. The first kappa shape index (κ1) is 13.2. The van der Waals surface area contributed by atoms with Crippen LogP contribution in [0.2, 0.25) is 0 Å². The zero-order valence-electron chi connectivity index (χ0n) is 11.7. The van der Waals surface area contributed by atoms with Gasteiger partial charge < -0.3 is 10.2 Å². The molecule has 0 radical (unpaired) electrons. The fraction of sp³-hybridized carbons (Fsp3) is 0.667. The molecule has 0 saturated carbocycles. The summed E-state index contributed by atoms with van der Waals surface area (Å²) in [5, 5.41) is 3.30. The second-order valence-corrected chi connectivity index (χ2v) is 5.03. The Labute approximate surface area is 111 Å². The zero-order chi connectivity index (χ0) is 12.8. The topological polar surface area (TPSA) is 28.2 Å². The molecule has 0 aliphatic carbocycles. The van der Waals surface area contributed by atoms with Crippen molar-refractivity contribution >= 4 is 11.5 Å². The predicted molar refractivity (Wildman–Crippen MR) is 78.3 cm³/mol. The van der Waals surface area contributed by atoms with Crippen molar-refractivity contribution in [3.05, 3.63) is 18.3 Å². The Morgan fingerprint density at radius 3 is 3.00 bits per heavy atom. The first-order chi connectivity index (χ1) is 8.85. The molecule has 0 bridgehead atoms. The van der Waals surface area contributed by atoms with Crippen LogP contribution in [0.1, 0.15) is 46.0 Å². The quantitative estimate of drug-likeness (QED) is 0.880. The van der Waals surface area contributed by atoms with Gasteiger partial charge in [-0.2, -0.15) is 0 Å². The summed E-state index contributed by atoms with van der Waals surface area (Å²) >= 11 is 0. The van der Waals surface area contributed by atoms with E-state index in [1.807, 2.05) is 6.20 Å². The van der Waals surface area contributed by atoms with Gasteiger partial charge in [-0.1, -0.05) is 19.8 Å². The van der Waals surface area contributed by atoms with Crippen molar-refractivity contribution in [1.29, 1.82) is 0 Å². The van der Waals surface area contributed by atoms with E-state index >= 15 is 0 Å². The van der Waals surface area contributed by atoms with Gasteiger partial charge in [-0.25, -0.2) is 4.98 Å². The van der Waals surface area contributed by atoms with Crippen LogP contribution in [0.15, 0.2) is 18.3 Å². The summed E-state index contributed by atoms with van der Waals surface area (Å²) in [6.45, 7) is 6.52. The highest BCUT2D eigenvalue weighted by atomic mass is 15.2. The summed E-state index contributed by atoms with van der Waals surface area (Å²) in [5.74, 6) is 0.995. The smallest absolute Gasteiger partial charge is 0.127 e. The minimum absolute atomic E-state index is 0.698. The van der Waals surface area contributed by atoms with E-state index in [1.54, 1.807) is 0 Å². The molecule has 1 saturated heterocycles. The van der Waals surface area contributed by atoms with Crippen LogP contribution in [0.4, 0.5) is 11.5 Å². The van der Waals surface area contributed by atoms with Crippen molar-refractivity contribution in [1.82, 2.24) is 4.98 Å². The van der Waals surface area contributed by atoms with Gasteiger partial charge in [-0.05, 0) is 32.3 Å². The van der Waals surface area contributed by atoms with Crippen molar-refractivity contribution in [3.8, 4) is 0 Å². The molecule has 2 rings (SSSR count). The number of pyridine rings is 1. The first-order valence-corrected chi connectivity index (χ1v) is 7.31. The van der Waals surface area contributed by atoms with Gasteiger partial charge in [0.2, 0.25) is 0 Å². The SMILES string of the molecule is CCNc1cc(N2CCCCCC2CC)ccn1. The molecule has 1 fully saturated rings. The fourth-order valence-electron chi connectivity index (χ4n) is 2.82. The third-order valence-electron chi connectivity index (χ3n) is 3.78. The third-order valence-corrected chi connectivity index (χ3v) is 3.78. The maximum atomic E-state index is 4.36. The van der Waals surface area contributed by atoms with Crippen LogP contribution in [0.5, 0.6) is 0 Å². The highest BCUT2D eigenvalue weighted by molar-refractivity contribution is 5.54. The lowest BCUT2D eigenvalue weighted by Crippen LogP contribution is -2.34. The van der Waals surface area contributed by atoms with Gasteiger partial charge in [-0.3, -0.25) is 0 Å². The number of nitrogens with zero attached hydrogens (tertiary/aromatic N) is 2. The van der Waals surface area contributed by atoms with Gasteiger partial charge in [0.15, 0.2) is 0 Å². The standard InChI is InChI=1S/C15H25N3/c1-3-13-8-6-5-7-11-18(13)14-9-10-17-15(12-14)16-4-2/h9-10,12-13H,3-8,11H2,1-2H3,(H,16,17). The van der Waals surface area contributed by atoms with Gasteiger partial charge in [-0.15, -0.1) is 0 Å². The first-order valence-electron chi connectivity index (χ1n) is 7.31. The van der Waals surface area contributed by atoms with Crippen molar-refractivity contribution in [2.45, 2.75) is 52.0 Å². The van der Waals surface area contributed by atoms with Gasteiger partial charge >= 0.3 is 0 Å². The Kier molecular flexibility index (Phi) is 4.85. The van der Waals surface area contributed by atoms with Crippen LogP contribution in [0.3, 0.4) is 0 Å². The molecule has 3 heteroatoms. The molecule has 2 heterocycles. The number of hydrogen-bond acceptors (Lipinski definition) is 3. The van der Waals surface area contributed by atoms with E-state index in [0.717, 1.165) is 12.4 Å². The molecule has 1 aliphatic heterocycles. The number of rotatable bonds is 4. The molecule has 1 aromatic rings. The lowest BCUT2D eigenvalue weighted by Gasteiger charge is -2.31. The van der Waals surface area contributed by atoms with Crippen LogP contribution < -0.4 is 10.2 Å². The summed E-state index contributed by atoms with van der Waals surface area (Å²) < 4.78 is 0. The molecule has 1 atom stereocenters. The Morgan fingerprint density at radius 2 is 2.22 bits per heavy atom. The lowest BCUT2D eigenvalue weighted by atomic mass is 10.1. The molecule has 1 N–H and O–H groups in total. The summed E-state index contributed by atoms with van der Waals surface area (Å²) in [6, 6.07) is 5.04. The van der Waals surface area contributed by atoms with Crippen LogP contribution in [-0.2, 0) is 0 Å². The second kappa shape index (κ2) is 6.62. The van der Waals surface area contributed by atoms with Gasteiger partial charge in [0.1, 0.15) is 5.82 Å². The van der Waals surface area contributed by atoms with Crippen LogP contribution in [-0.4, -0.2) is 24.1 Å². The molecule has 18 heavy (non-hydrogen) atoms. The molecule has 0 aromatic carbocycles. The minimum Gasteiger partial charge on any atom is -0.370 e. The second-order valence-electron chi connectivity index (χ2n) is 5.03. The summed E-state index contributed by atoms with van der Waals surface area (Å²) in [6.07, 6.45) is 8.55. The molecular formula is C15H25N3. The van der Waals surface area contributed by atoms with Crippen molar-refractivity contribution in [2.24, 2.45) is 0 Å². The Hall–Kier alpha value is -1.25. The zero-order valence-corrected chi connectivity index (χ0v) is 11.7. The third kappa shape index (κ3) is 3.15. The van der Waals surface area contributed by atoms with Gasteiger partial charge in [0, 0.05) is 37.1 Å². The highest BCUT2D eigenvalue weighted by Crippen LogP contribution is 2.26. The average molecular weight is 247 g/mol. The Balaban J connectivity index is 2.18. The Morgan fingerprint density at radius 1 is 1.33 bits per heavy atom. The Bertz CT molecular complexity index is 365. The number of anilines is 2. The lowest BCUT2D eigenvalue weighted by molar-refractivity contribution is 0.556. The summed E-state index contributed by atoms with van der Waals surface area (Å²) in [4.78, 5) is 6.94. The molecule has 1 unspecified atom stereocenters. The molecule has 1 aliphatic rings. The number of hydrogen-bond donors (Lipinski definition) is 1. The normalized spacial score (nSPS) is 20.6. The minimum atomic E-state index is 0.698. The van der Waals surface area contributed by atoms with Gasteiger partial charge in [0.05, 0.1) is 0 Å². The van der Waals surface area contributed by atoms with Crippen LogP contribution in [0, 0.1) is 0 Å². The van der Waals surface area contributed by atoms with E-state index in [4.69, 9.17) is 0 Å². The fourth-order valence-corrected chi connectivity index (χ4v) is 2.82. The van der Waals surface area contributed by atoms with Crippen LogP contribution >= 0.6 is 0 Å². The molecule has 0 spiro atoms. The highest BCUT2D eigenvalue weighted by Gasteiger charge is 2.19. The van der Waals surface area contributed by atoms with Crippen molar-refractivity contribution < 1.29 is 0 Å². The van der Waals surface area contributed by atoms with Crippen molar-refractivity contribution in [3.63, 3.8) is 0 Å². The van der Waals surface area contributed by atoms with E-state index in [2.05, 4.69) is 41.2 Å². The monoisotopic (exact) mass is 247 g/mol. The average Bonchev–Trinajstić information content (AvgIpc) is 2.64. The molecule has 3 nitrogen and oxygen atoms in total.